The Morgan fingerprint density at radius 2 is 1.83 bits per heavy atom. The number of rotatable bonds is 5. The van der Waals surface area contributed by atoms with Gasteiger partial charge in [-0.05, 0) is 43.7 Å². The molecule has 1 heterocycles. The summed E-state index contributed by atoms with van der Waals surface area (Å²) in [5, 5.41) is 3.01. The summed E-state index contributed by atoms with van der Waals surface area (Å²) in [6.45, 7) is 1.46. The van der Waals surface area contributed by atoms with E-state index in [1.54, 1.807) is 18.2 Å². The fourth-order valence-electron chi connectivity index (χ4n) is 3.08. The number of carbonyl (C=O) groups is 2. The first-order chi connectivity index (χ1) is 11.1. The van der Waals surface area contributed by atoms with Crippen molar-refractivity contribution >= 4 is 11.8 Å². The van der Waals surface area contributed by atoms with Crippen molar-refractivity contribution in [1.29, 1.82) is 0 Å². The van der Waals surface area contributed by atoms with Crippen LogP contribution in [0.3, 0.4) is 0 Å². The zero-order chi connectivity index (χ0) is 16.2. The van der Waals surface area contributed by atoms with Gasteiger partial charge in [-0.15, -0.1) is 0 Å². The van der Waals surface area contributed by atoms with Gasteiger partial charge in [-0.1, -0.05) is 18.2 Å². The van der Waals surface area contributed by atoms with Gasteiger partial charge in [0.15, 0.2) is 0 Å². The highest BCUT2D eigenvalue weighted by molar-refractivity contribution is 5.81. The van der Waals surface area contributed by atoms with Gasteiger partial charge >= 0.3 is 0 Å². The lowest BCUT2D eigenvalue weighted by atomic mass is 10.0. The summed E-state index contributed by atoms with van der Waals surface area (Å²) >= 11 is 0. The van der Waals surface area contributed by atoms with Crippen molar-refractivity contribution in [2.75, 3.05) is 13.1 Å². The van der Waals surface area contributed by atoms with Crippen LogP contribution in [-0.2, 0) is 16.0 Å². The minimum Gasteiger partial charge on any atom is -0.353 e. The van der Waals surface area contributed by atoms with Crippen molar-refractivity contribution in [3.63, 3.8) is 0 Å². The number of hydrogen-bond donors (Lipinski definition) is 1. The molecule has 0 spiro atoms. The van der Waals surface area contributed by atoms with Gasteiger partial charge in [0.1, 0.15) is 5.82 Å². The molecule has 124 valence electrons. The monoisotopic (exact) mass is 318 g/mol. The maximum Gasteiger partial charge on any atom is 0.225 e. The van der Waals surface area contributed by atoms with Crippen molar-refractivity contribution in [3.8, 4) is 0 Å². The molecule has 0 atom stereocenters. The van der Waals surface area contributed by atoms with Crippen LogP contribution in [0.5, 0.6) is 0 Å². The van der Waals surface area contributed by atoms with Crippen LogP contribution in [-0.4, -0.2) is 35.8 Å². The van der Waals surface area contributed by atoms with Gasteiger partial charge < -0.3 is 10.2 Å². The molecular formula is C18H23FN2O2. The number of aryl methyl sites for hydroxylation is 1. The molecule has 1 saturated carbocycles. The van der Waals surface area contributed by atoms with E-state index in [1.807, 2.05) is 4.90 Å². The summed E-state index contributed by atoms with van der Waals surface area (Å²) in [7, 11) is 0. The van der Waals surface area contributed by atoms with Gasteiger partial charge in [-0.25, -0.2) is 4.39 Å². The Kier molecular flexibility index (Phi) is 4.94. The van der Waals surface area contributed by atoms with E-state index in [4.69, 9.17) is 0 Å². The van der Waals surface area contributed by atoms with E-state index in [1.165, 1.54) is 6.07 Å². The average molecular weight is 318 g/mol. The second-order valence-corrected chi connectivity index (χ2v) is 6.53. The number of amides is 2. The summed E-state index contributed by atoms with van der Waals surface area (Å²) in [5.74, 6) is 0.253. The fourth-order valence-corrected chi connectivity index (χ4v) is 3.08. The number of halogens is 1. The zero-order valence-electron chi connectivity index (χ0n) is 13.3. The first-order valence-electron chi connectivity index (χ1n) is 8.45. The highest BCUT2D eigenvalue weighted by atomic mass is 19.1. The van der Waals surface area contributed by atoms with Crippen LogP contribution in [0.4, 0.5) is 4.39 Å². The third kappa shape index (κ3) is 4.30. The highest BCUT2D eigenvalue weighted by Gasteiger charge is 2.35. The van der Waals surface area contributed by atoms with Crippen molar-refractivity contribution in [2.24, 2.45) is 5.92 Å². The standard InChI is InChI=1S/C18H23FN2O2/c19-16-4-2-1-3-13(16)7-8-17(22)20-15-9-11-21(12-10-15)18(23)14-5-6-14/h1-4,14-15H,5-12H2,(H,20,22). The van der Waals surface area contributed by atoms with E-state index < -0.39 is 0 Å². The lowest BCUT2D eigenvalue weighted by Gasteiger charge is -2.32. The Labute approximate surface area is 136 Å². The highest BCUT2D eigenvalue weighted by Crippen LogP contribution is 2.31. The third-order valence-corrected chi connectivity index (χ3v) is 4.68. The fraction of sp³-hybridized carbons (Fsp3) is 0.556. The summed E-state index contributed by atoms with van der Waals surface area (Å²) in [6, 6.07) is 6.69. The number of carbonyl (C=O) groups excluding carboxylic acids is 2. The van der Waals surface area contributed by atoms with Crippen LogP contribution < -0.4 is 5.32 Å². The number of hydrogen-bond acceptors (Lipinski definition) is 2. The molecule has 2 fully saturated rings. The molecule has 3 rings (SSSR count). The smallest absolute Gasteiger partial charge is 0.225 e. The Bertz CT molecular complexity index is 578. The predicted molar refractivity (Wildman–Crippen MR) is 85.2 cm³/mol. The average Bonchev–Trinajstić information content (AvgIpc) is 3.39. The molecule has 4 nitrogen and oxygen atoms in total. The van der Waals surface area contributed by atoms with Crippen molar-refractivity contribution in [1.82, 2.24) is 10.2 Å². The van der Waals surface area contributed by atoms with Gasteiger partial charge in [-0.3, -0.25) is 9.59 Å². The number of nitrogens with zero attached hydrogens (tertiary/aromatic N) is 1. The molecule has 1 aromatic rings. The Balaban J connectivity index is 1.39. The molecule has 1 N–H and O–H groups in total. The molecule has 0 bridgehead atoms. The molecule has 0 aromatic heterocycles. The van der Waals surface area contributed by atoms with E-state index in [-0.39, 0.29) is 29.6 Å². The van der Waals surface area contributed by atoms with Gasteiger partial charge in [0.05, 0.1) is 0 Å². The van der Waals surface area contributed by atoms with Crippen LogP contribution in [0.25, 0.3) is 0 Å². The largest absolute Gasteiger partial charge is 0.353 e. The molecule has 23 heavy (non-hydrogen) atoms. The Morgan fingerprint density at radius 1 is 1.13 bits per heavy atom. The van der Waals surface area contributed by atoms with E-state index in [0.29, 0.717) is 18.4 Å². The predicted octanol–water partition coefficient (Wildman–Crippen LogP) is 2.28. The molecule has 1 saturated heterocycles. The summed E-state index contributed by atoms with van der Waals surface area (Å²) in [5.41, 5.74) is 0.576. The molecule has 5 heteroatoms. The molecule has 1 aliphatic carbocycles. The van der Waals surface area contributed by atoms with Crippen molar-refractivity contribution in [2.45, 2.75) is 44.6 Å². The maximum absolute atomic E-state index is 13.5. The number of benzene rings is 1. The second-order valence-electron chi connectivity index (χ2n) is 6.53. The van der Waals surface area contributed by atoms with Crippen molar-refractivity contribution < 1.29 is 14.0 Å². The van der Waals surface area contributed by atoms with E-state index in [9.17, 15) is 14.0 Å². The maximum atomic E-state index is 13.5. The number of likely N-dealkylation sites (tertiary alicyclic amines) is 1. The molecule has 0 unspecified atom stereocenters. The topological polar surface area (TPSA) is 49.4 Å². The lowest BCUT2D eigenvalue weighted by molar-refractivity contribution is -0.133. The summed E-state index contributed by atoms with van der Waals surface area (Å²) in [4.78, 5) is 25.9. The van der Waals surface area contributed by atoms with E-state index >= 15 is 0 Å². The SMILES string of the molecule is O=C(CCc1ccccc1F)NC1CCN(C(=O)C2CC2)CC1. The molecule has 0 radical (unpaired) electrons. The normalized spacial score (nSPS) is 18.7. The van der Waals surface area contributed by atoms with Gasteiger partial charge in [0.25, 0.3) is 0 Å². The molecule has 1 aliphatic heterocycles. The van der Waals surface area contributed by atoms with E-state index in [2.05, 4.69) is 5.32 Å². The second kappa shape index (κ2) is 7.11. The quantitative estimate of drug-likeness (QED) is 0.905. The zero-order valence-corrected chi connectivity index (χ0v) is 13.3. The molecule has 2 amide bonds. The van der Waals surface area contributed by atoms with Gasteiger partial charge in [0.2, 0.25) is 11.8 Å². The first-order valence-corrected chi connectivity index (χ1v) is 8.45. The van der Waals surface area contributed by atoms with Crippen LogP contribution in [0.2, 0.25) is 0 Å². The molecule has 1 aromatic carbocycles. The number of piperidine rings is 1. The Morgan fingerprint density at radius 3 is 2.48 bits per heavy atom. The molecule has 2 aliphatic rings. The van der Waals surface area contributed by atoms with Crippen molar-refractivity contribution in [3.05, 3.63) is 35.6 Å². The van der Waals surface area contributed by atoms with Crippen LogP contribution in [0.1, 0.15) is 37.7 Å². The molecular weight excluding hydrogens is 295 g/mol. The third-order valence-electron chi connectivity index (χ3n) is 4.68. The first kappa shape index (κ1) is 16.0. The van der Waals surface area contributed by atoms with Crippen LogP contribution in [0.15, 0.2) is 24.3 Å². The summed E-state index contributed by atoms with van der Waals surface area (Å²) in [6.07, 6.45) is 4.39. The minimum absolute atomic E-state index is 0.0415. The lowest BCUT2D eigenvalue weighted by Crippen LogP contribution is -2.47. The minimum atomic E-state index is -0.257. The van der Waals surface area contributed by atoms with Crippen LogP contribution in [0, 0.1) is 11.7 Å². The number of nitrogens with one attached hydrogen (secondary N) is 1. The van der Waals surface area contributed by atoms with Crippen LogP contribution >= 0.6 is 0 Å². The van der Waals surface area contributed by atoms with Gasteiger partial charge in [-0.2, -0.15) is 0 Å². The van der Waals surface area contributed by atoms with E-state index in [0.717, 1.165) is 38.8 Å². The van der Waals surface area contributed by atoms with Gasteiger partial charge in [0, 0.05) is 31.5 Å². The Hall–Kier alpha value is -1.91. The summed E-state index contributed by atoms with van der Waals surface area (Å²) < 4.78 is 13.5.